The molecule has 2 aliphatic heterocycles. The van der Waals surface area contributed by atoms with Crippen molar-refractivity contribution in [3.05, 3.63) is 40.1 Å². The van der Waals surface area contributed by atoms with Gasteiger partial charge in [-0.3, -0.25) is 0 Å². The van der Waals surface area contributed by atoms with Crippen LogP contribution in [0.3, 0.4) is 0 Å². The summed E-state index contributed by atoms with van der Waals surface area (Å²) in [7, 11) is 2.19. The smallest absolute Gasteiger partial charge is 0.139 e. The van der Waals surface area contributed by atoms with Crippen LogP contribution < -0.4 is 5.32 Å². The van der Waals surface area contributed by atoms with Gasteiger partial charge in [-0.15, -0.1) is 11.3 Å². The number of aryl methyl sites for hydroxylation is 1. The van der Waals surface area contributed by atoms with E-state index in [0.717, 1.165) is 49.8 Å². The molecule has 0 atom stereocenters. The zero-order valence-electron chi connectivity index (χ0n) is 14.5. The van der Waals surface area contributed by atoms with Crippen molar-refractivity contribution in [3.8, 4) is 0 Å². The van der Waals surface area contributed by atoms with E-state index in [1.165, 1.54) is 15.4 Å². The van der Waals surface area contributed by atoms with Crippen LogP contribution in [0.1, 0.15) is 30.7 Å². The van der Waals surface area contributed by atoms with Gasteiger partial charge in [0.2, 0.25) is 0 Å². The zero-order chi connectivity index (χ0) is 16.4. The number of allylic oxidation sites excluding steroid dienone is 3. The Hall–Kier alpha value is -1.59. The summed E-state index contributed by atoms with van der Waals surface area (Å²) in [5.41, 5.74) is 3.42. The fourth-order valence-corrected chi connectivity index (χ4v) is 3.84. The lowest BCUT2D eigenvalue weighted by atomic mass is 10.2. The molecule has 23 heavy (non-hydrogen) atoms. The first-order valence-electron chi connectivity index (χ1n) is 8.36. The van der Waals surface area contributed by atoms with Crippen LogP contribution in [0, 0.1) is 6.92 Å². The molecule has 0 bridgehead atoms. The van der Waals surface area contributed by atoms with Gasteiger partial charge in [-0.25, -0.2) is 4.99 Å². The van der Waals surface area contributed by atoms with E-state index in [1.54, 1.807) is 0 Å². The van der Waals surface area contributed by atoms with E-state index >= 15 is 0 Å². The molecule has 0 radical (unpaired) electrons. The van der Waals surface area contributed by atoms with E-state index in [2.05, 4.69) is 61.2 Å². The van der Waals surface area contributed by atoms with Crippen molar-refractivity contribution in [2.45, 2.75) is 27.2 Å². The Labute approximate surface area is 143 Å². The van der Waals surface area contributed by atoms with Crippen molar-refractivity contribution in [1.82, 2.24) is 9.80 Å². The van der Waals surface area contributed by atoms with Crippen LogP contribution in [-0.2, 0) is 0 Å². The number of thiophene rings is 1. The van der Waals surface area contributed by atoms with E-state index in [9.17, 15) is 0 Å². The third-order valence-corrected chi connectivity index (χ3v) is 5.30. The highest BCUT2D eigenvalue weighted by molar-refractivity contribution is 7.16. The van der Waals surface area contributed by atoms with Crippen LogP contribution in [0.25, 0.3) is 0 Å². The molecule has 4 nitrogen and oxygen atoms in total. The normalized spacial score (nSPS) is 19.7. The Morgan fingerprint density at radius 2 is 2.00 bits per heavy atom. The van der Waals surface area contributed by atoms with E-state index in [1.807, 2.05) is 11.3 Å². The molecule has 1 aromatic heterocycles. The Morgan fingerprint density at radius 3 is 2.70 bits per heavy atom. The number of amidine groups is 1. The van der Waals surface area contributed by atoms with Gasteiger partial charge in [0.1, 0.15) is 10.8 Å². The monoisotopic (exact) mass is 330 g/mol. The lowest BCUT2D eigenvalue weighted by Gasteiger charge is -2.34. The van der Waals surface area contributed by atoms with Crippen LogP contribution in [0.2, 0.25) is 0 Å². The first-order valence-corrected chi connectivity index (χ1v) is 9.17. The Balaban J connectivity index is 2.00. The van der Waals surface area contributed by atoms with Crippen LogP contribution in [0.4, 0.5) is 5.00 Å². The molecule has 3 rings (SSSR count). The Morgan fingerprint density at radius 1 is 1.26 bits per heavy atom. The summed E-state index contributed by atoms with van der Waals surface area (Å²) in [5, 5.41) is 4.82. The minimum Gasteiger partial charge on any atom is -0.353 e. The zero-order valence-corrected chi connectivity index (χ0v) is 15.3. The van der Waals surface area contributed by atoms with Gasteiger partial charge < -0.3 is 15.1 Å². The number of aliphatic imine (C=N–C) groups is 1. The third-order valence-electron chi connectivity index (χ3n) is 4.33. The van der Waals surface area contributed by atoms with Gasteiger partial charge in [0.05, 0.1) is 17.0 Å². The second kappa shape index (κ2) is 6.89. The molecule has 0 unspecified atom stereocenters. The van der Waals surface area contributed by atoms with E-state index in [0.29, 0.717) is 0 Å². The second-order valence-electron chi connectivity index (χ2n) is 6.26. The van der Waals surface area contributed by atoms with Gasteiger partial charge in [-0.2, -0.15) is 0 Å². The lowest BCUT2D eigenvalue weighted by Crippen LogP contribution is -2.47. The first kappa shape index (κ1) is 16.3. The number of nitrogens with zero attached hydrogens (tertiary/aromatic N) is 3. The second-order valence-corrected chi connectivity index (χ2v) is 7.52. The summed E-state index contributed by atoms with van der Waals surface area (Å²) in [6, 6.07) is 2.27. The van der Waals surface area contributed by atoms with Crippen molar-refractivity contribution in [3.63, 3.8) is 0 Å². The van der Waals surface area contributed by atoms with Crippen molar-refractivity contribution >= 4 is 22.2 Å². The number of piperazine rings is 1. The molecule has 3 heterocycles. The molecule has 0 aromatic carbocycles. The van der Waals surface area contributed by atoms with E-state index < -0.39 is 0 Å². The Bertz CT molecular complexity index is 661. The maximum Gasteiger partial charge on any atom is 0.139 e. The number of hydrogen-bond donors (Lipinski definition) is 1. The molecule has 124 valence electrons. The van der Waals surface area contributed by atoms with Gasteiger partial charge in [0.15, 0.2) is 0 Å². The van der Waals surface area contributed by atoms with Gasteiger partial charge in [0, 0.05) is 31.1 Å². The lowest BCUT2D eigenvalue weighted by molar-refractivity contribution is 0.215. The minimum absolute atomic E-state index is 1.03. The molecular formula is C18H26N4S. The van der Waals surface area contributed by atoms with Crippen LogP contribution in [0.5, 0.6) is 0 Å². The van der Waals surface area contributed by atoms with Gasteiger partial charge >= 0.3 is 0 Å². The minimum atomic E-state index is 1.03. The van der Waals surface area contributed by atoms with Crippen LogP contribution in [-0.4, -0.2) is 48.9 Å². The molecule has 0 spiro atoms. The van der Waals surface area contributed by atoms with Gasteiger partial charge in [-0.05, 0) is 39.5 Å². The van der Waals surface area contributed by atoms with Crippen molar-refractivity contribution in [1.29, 1.82) is 0 Å². The number of likely N-dealkylation sites (N-methyl/N-ethyl adjacent to an activating group) is 1. The number of hydrogen-bond acceptors (Lipinski definition) is 5. The summed E-state index contributed by atoms with van der Waals surface area (Å²) >= 11 is 1.81. The fourth-order valence-electron chi connectivity index (χ4n) is 2.92. The van der Waals surface area contributed by atoms with Crippen LogP contribution >= 0.6 is 11.3 Å². The molecule has 0 aliphatic carbocycles. The number of nitrogens with one attached hydrogen (secondary N) is 1. The summed E-state index contributed by atoms with van der Waals surface area (Å²) < 4.78 is 0. The van der Waals surface area contributed by atoms with Crippen molar-refractivity contribution < 1.29 is 0 Å². The van der Waals surface area contributed by atoms with Gasteiger partial charge in [0.25, 0.3) is 0 Å². The number of anilines is 1. The Kier molecular flexibility index (Phi) is 4.87. The molecule has 1 fully saturated rings. The highest BCUT2D eigenvalue weighted by atomic mass is 32.1. The highest BCUT2D eigenvalue weighted by Crippen LogP contribution is 2.33. The largest absolute Gasteiger partial charge is 0.353 e. The first-order chi connectivity index (χ1) is 11.1. The molecule has 1 N–H and O–H groups in total. The van der Waals surface area contributed by atoms with Crippen molar-refractivity contribution in [2.75, 3.05) is 38.5 Å². The average Bonchev–Trinajstić information content (AvgIpc) is 2.84. The molecule has 1 aromatic rings. The standard InChI is InChI=1S/C18H26N4S/c1-5-6-7-16-14(3)19-17(22-10-8-21(4)9-11-22)15-12-13(2)23-18(15)20-16/h6-7,12,20H,5,8-11H2,1-4H3/b7-6-. The maximum atomic E-state index is 5.01. The summed E-state index contributed by atoms with van der Waals surface area (Å²) in [4.78, 5) is 11.1. The van der Waals surface area contributed by atoms with E-state index in [-0.39, 0.29) is 0 Å². The predicted octanol–water partition coefficient (Wildman–Crippen LogP) is 3.67. The molecule has 0 amide bonds. The average molecular weight is 331 g/mol. The molecular weight excluding hydrogens is 304 g/mol. The molecule has 1 saturated heterocycles. The topological polar surface area (TPSA) is 30.9 Å². The predicted molar refractivity (Wildman–Crippen MR) is 100 cm³/mol. The SMILES string of the molecule is CC/C=C\C1=C(C)N=C(N2CCN(C)CC2)c2cc(C)sc2N1. The summed E-state index contributed by atoms with van der Waals surface area (Å²) in [6.45, 7) is 10.7. The number of rotatable bonds is 2. The summed E-state index contributed by atoms with van der Waals surface area (Å²) in [5.74, 6) is 1.13. The van der Waals surface area contributed by atoms with E-state index in [4.69, 9.17) is 4.99 Å². The van der Waals surface area contributed by atoms with Gasteiger partial charge in [-0.1, -0.05) is 13.0 Å². The maximum absolute atomic E-state index is 5.01. The number of fused-ring (bicyclic) bond motifs is 1. The highest BCUT2D eigenvalue weighted by Gasteiger charge is 2.25. The van der Waals surface area contributed by atoms with Crippen molar-refractivity contribution in [2.24, 2.45) is 4.99 Å². The summed E-state index contributed by atoms with van der Waals surface area (Å²) in [6.07, 6.45) is 5.37. The quantitative estimate of drug-likeness (QED) is 0.897. The van der Waals surface area contributed by atoms with Crippen LogP contribution in [0.15, 0.2) is 34.6 Å². The third kappa shape index (κ3) is 3.51. The molecule has 0 saturated carbocycles. The fraction of sp³-hybridized carbons (Fsp3) is 0.500. The molecule has 2 aliphatic rings. The molecule has 5 heteroatoms.